The maximum absolute atomic E-state index is 5.95. The Bertz CT molecular complexity index is 1380. The molecule has 6 heteroatoms. The van der Waals surface area contributed by atoms with E-state index in [-0.39, 0.29) is 11.4 Å². The molecule has 182 valence electrons. The van der Waals surface area contributed by atoms with E-state index in [0.717, 1.165) is 22.6 Å². The third-order valence-electron chi connectivity index (χ3n) is 7.21. The van der Waals surface area contributed by atoms with Gasteiger partial charge in [-0.15, -0.1) is 0 Å². The number of rotatable bonds is 6. The van der Waals surface area contributed by atoms with Crippen molar-refractivity contribution in [2.75, 3.05) is 19.1 Å². The number of hydrogen-bond donors (Lipinski definition) is 0. The molecule has 0 N–H and O–H groups in total. The second-order valence-electron chi connectivity index (χ2n) is 9.32. The summed E-state index contributed by atoms with van der Waals surface area (Å²) >= 11 is 1.82. The molecule has 0 amide bonds. The Morgan fingerprint density at radius 2 is 1.64 bits per heavy atom. The van der Waals surface area contributed by atoms with E-state index in [1.807, 2.05) is 24.0 Å². The zero-order valence-electron chi connectivity index (χ0n) is 20.9. The van der Waals surface area contributed by atoms with Gasteiger partial charge < -0.3 is 9.47 Å². The second-order valence-corrected chi connectivity index (χ2v) is 10.4. The quantitative estimate of drug-likeness (QED) is 0.285. The Labute approximate surface area is 216 Å². The number of thioether (sulfide) groups is 1. The average molecular weight is 496 g/mol. The number of methoxy groups -OCH3 is 2. The van der Waals surface area contributed by atoms with Crippen LogP contribution in [0.4, 0.5) is 5.95 Å². The Kier molecular flexibility index (Phi) is 5.66. The van der Waals surface area contributed by atoms with Gasteiger partial charge in [-0.25, -0.2) is 4.98 Å². The van der Waals surface area contributed by atoms with Gasteiger partial charge in [0.1, 0.15) is 16.7 Å². The number of fused-ring (bicyclic) bond motifs is 3. The van der Waals surface area contributed by atoms with Crippen LogP contribution in [-0.4, -0.2) is 35.4 Å². The fourth-order valence-electron chi connectivity index (χ4n) is 5.80. The van der Waals surface area contributed by atoms with E-state index in [0.29, 0.717) is 0 Å². The molecule has 2 atom stereocenters. The normalized spacial score (nSPS) is 22.2. The maximum Gasteiger partial charge on any atom is 0.219 e. The van der Waals surface area contributed by atoms with Crippen LogP contribution in [0.15, 0.2) is 113 Å². The molecule has 1 aliphatic carbocycles. The van der Waals surface area contributed by atoms with Crippen molar-refractivity contribution in [3.8, 4) is 0 Å². The summed E-state index contributed by atoms with van der Waals surface area (Å²) in [6.45, 7) is 4.31. The maximum atomic E-state index is 5.95. The number of nitrogens with zero attached hydrogens (tertiary/aromatic N) is 3. The van der Waals surface area contributed by atoms with Crippen LogP contribution in [0.3, 0.4) is 0 Å². The fourth-order valence-corrected chi connectivity index (χ4v) is 7.02. The van der Waals surface area contributed by atoms with Gasteiger partial charge in [-0.2, -0.15) is 0 Å². The van der Waals surface area contributed by atoms with Crippen molar-refractivity contribution in [2.24, 2.45) is 0 Å². The highest BCUT2D eigenvalue weighted by molar-refractivity contribution is 7.99. The molecule has 3 aromatic rings. The summed E-state index contributed by atoms with van der Waals surface area (Å²) in [5.74, 6) is 1.62. The van der Waals surface area contributed by atoms with Crippen LogP contribution in [0.5, 0.6) is 0 Å². The van der Waals surface area contributed by atoms with Gasteiger partial charge in [0.15, 0.2) is 5.88 Å². The van der Waals surface area contributed by atoms with E-state index in [2.05, 4.69) is 102 Å². The zero-order valence-corrected chi connectivity index (χ0v) is 21.7. The summed E-state index contributed by atoms with van der Waals surface area (Å²) in [5.41, 5.74) is 5.53. The predicted octanol–water partition coefficient (Wildman–Crippen LogP) is 6.59. The lowest BCUT2D eigenvalue weighted by Gasteiger charge is -2.41. The molecule has 2 aliphatic heterocycles. The first-order valence-corrected chi connectivity index (χ1v) is 13.0. The van der Waals surface area contributed by atoms with Gasteiger partial charge in [-0.05, 0) is 54.3 Å². The lowest BCUT2D eigenvalue weighted by Crippen LogP contribution is -2.47. The Morgan fingerprint density at radius 1 is 0.972 bits per heavy atom. The summed E-state index contributed by atoms with van der Waals surface area (Å²) in [4.78, 5) is 7.16. The molecule has 0 saturated carbocycles. The molecule has 1 spiro atoms. The van der Waals surface area contributed by atoms with Crippen LogP contribution in [0, 0.1) is 0 Å². The van der Waals surface area contributed by atoms with Gasteiger partial charge >= 0.3 is 0 Å². The van der Waals surface area contributed by atoms with Crippen molar-refractivity contribution in [3.05, 3.63) is 119 Å². The lowest BCUT2D eigenvalue weighted by molar-refractivity contribution is 0.157. The Balaban J connectivity index is 1.54. The van der Waals surface area contributed by atoms with E-state index in [9.17, 15) is 0 Å². The second kappa shape index (κ2) is 8.87. The number of benzene rings is 2. The minimum Gasteiger partial charge on any atom is -0.482 e. The first kappa shape index (κ1) is 23.0. The molecule has 0 fully saturated rings. The smallest absolute Gasteiger partial charge is 0.219 e. The Hall–Kier alpha value is -3.48. The van der Waals surface area contributed by atoms with Crippen LogP contribution < -0.4 is 4.90 Å². The third kappa shape index (κ3) is 3.32. The monoisotopic (exact) mass is 495 g/mol. The Morgan fingerprint density at radius 3 is 2.25 bits per heavy atom. The average Bonchev–Trinajstić information content (AvgIpc) is 3.43. The van der Waals surface area contributed by atoms with Crippen LogP contribution in [0.1, 0.15) is 30.2 Å². The van der Waals surface area contributed by atoms with E-state index < -0.39 is 5.54 Å². The van der Waals surface area contributed by atoms with Crippen molar-refractivity contribution in [1.82, 2.24) is 9.55 Å². The van der Waals surface area contributed by atoms with Crippen molar-refractivity contribution >= 4 is 23.4 Å². The number of ether oxygens (including phenoxy) is 2. The highest BCUT2D eigenvalue weighted by atomic mass is 32.2. The molecular weight excluding hydrogens is 466 g/mol. The predicted molar refractivity (Wildman–Crippen MR) is 146 cm³/mol. The minimum atomic E-state index is -0.503. The molecule has 6 rings (SSSR count). The van der Waals surface area contributed by atoms with Gasteiger partial charge in [0, 0.05) is 7.11 Å². The van der Waals surface area contributed by atoms with E-state index >= 15 is 0 Å². The van der Waals surface area contributed by atoms with Crippen LogP contribution in [0.2, 0.25) is 0 Å². The molecule has 36 heavy (non-hydrogen) atoms. The van der Waals surface area contributed by atoms with Gasteiger partial charge in [0.05, 0.1) is 24.3 Å². The fraction of sp³-hybridized carbons (Fsp3) is 0.233. The number of allylic oxidation sites excluding steroid dienone is 2. The van der Waals surface area contributed by atoms with Crippen molar-refractivity contribution in [3.63, 3.8) is 0 Å². The third-order valence-corrected chi connectivity index (χ3v) is 8.52. The van der Waals surface area contributed by atoms with Crippen LogP contribution in [0.25, 0.3) is 5.70 Å². The lowest BCUT2D eigenvalue weighted by atomic mass is 9.80. The number of aromatic nitrogens is 2. The minimum absolute atomic E-state index is 0.0805. The van der Waals surface area contributed by atoms with Gasteiger partial charge in [-0.3, -0.25) is 9.47 Å². The molecule has 0 radical (unpaired) electrons. The first-order chi connectivity index (χ1) is 17.6. The number of hydrogen-bond acceptors (Lipinski definition) is 5. The largest absolute Gasteiger partial charge is 0.482 e. The topological polar surface area (TPSA) is 39.5 Å². The van der Waals surface area contributed by atoms with Crippen molar-refractivity contribution in [1.29, 1.82) is 0 Å². The summed E-state index contributed by atoms with van der Waals surface area (Å²) in [5, 5.41) is 1.20. The standard InChI is InChI=1S/C30H29N3O2S/c1-20-18-30-17-11-16-24(34-3)33(30)29-31-19-25(32(29)28(30)21(2)26(20)35-4)36-27(22-12-7-5-8-13-22)23-14-9-6-10-15-23/h5-19,26-27H,1-4H3. The number of anilines is 1. The SMILES string of the molecule is COC1=CC=CC23C=C(C)C(OC)C(C)=C2n2c(SC(c4ccccc4)c4ccccc4)cnc2N13. The summed E-state index contributed by atoms with van der Waals surface area (Å²) in [6, 6.07) is 21.3. The molecule has 2 aromatic carbocycles. The summed E-state index contributed by atoms with van der Waals surface area (Å²) in [6.07, 6.45) is 10.5. The molecule has 3 heterocycles. The van der Waals surface area contributed by atoms with Crippen LogP contribution >= 0.6 is 11.8 Å². The first-order valence-electron chi connectivity index (χ1n) is 12.1. The van der Waals surface area contributed by atoms with E-state index in [1.165, 1.54) is 22.3 Å². The highest BCUT2D eigenvalue weighted by Gasteiger charge is 2.53. The van der Waals surface area contributed by atoms with Gasteiger partial charge in [0.2, 0.25) is 5.95 Å². The summed E-state index contributed by atoms with van der Waals surface area (Å²) < 4.78 is 14.1. The van der Waals surface area contributed by atoms with Crippen LogP contribution in [-0.2, 0) is 9.47 Å². The zero-order chi connectivity index (χ0) is 24.9. The molecular formula is C30H29N3O2S. The van der Waals surface area contributed by atoms with E-state index in [4.69, 9.17) is 14.5 Å². The van der Waals surface area contributed by atoms with Gasteiger partial charge in [-0.1, -0.05) is 78.5 Å². The molecule has 1 aromatic heterocycles. The molecule has 0 bridgehead atoms. The van der Waals surface area contributed by atoms with Gasteiger partial charge in [0.25, 0.3) is 0 Å². The van der Waals surface area contributed by atoms with Crippen molar-refractivity contribution < 1.29 is 9.47 Å². The summed E-state index contributed by atoms with van der Waals surface area (Å²) in [7, 11) is 3.49. The highest BCUT2D eigenvalue weighted by Crippen LogP contribution is 2.55. The van der Waals surface area contributed by atoms with E-state index in [1.54, 1.807) is 14.2 Å². The van der Waals surface area contributed by atoms with Crippen molar-refractivity contribution in [2.45, 2.75) is 35.8 Å². The number of imidazole rings is 1. The molecule has 0 saturated heterocycles. The molecule has 2 unspecified atom stereocenters. The molecule has 5 nitrogen and oxygen atoms in total. The molecule has 3 aliphatic rings.